The zero-order valence-corrected chi connectivity index (χ0v) is 22.7. The van der Waals surface area contributed by atoms with E-state index in [1.165, 1.54) is 0 Å². The summed E-state index contributed by atoms with van der Waals surface area (Å²) >= 11 is 0. The molecule has 198 valence electrons. The summed E-state index contributed by atoms with van der Waals surface area (Å²) in [4.78, 5) is 34.1. The highest BCUT2D eigenvalue weighted by molar-refractivity contribution is 5.84. The summed E-state index contributed by atoms with van der Waals surface area (Å²) in [5, 5.41) is 0. The van der Waals surface area contributed by atoms with Crippen molar-refractivity contribution >= 4 is 5.78 Å². The number of hydrogen-bond acceptors (Lipinski definition) is 7. The number of carbonyl (C=O) groups is 1. The van der Waals surface area contributed by atoms with E-state index in [4.69, 9.17) is 9.47 Å². The van der Waals surface area contributed by atoms with Crippen molar-refractivity contribution in [3.63, 3.8) is 0 Å². The van der Waals surface area contributed by atoms with E-state index in [-0.39, 0.29) is 5.78 Å². The van der Waals surface area contributed by atoms with Crippen molar-refractivity contribution < 1.29 is 14.3 Å². The van der Waals surface area contributed by atoms with Crippen LogP contribution in [0.1, 0.15) is 52.0 Å². The number of aromatic nitrogens is 5. The molecule has 0 bridgehead atoms. The summed E-state index contributed by atoms with van der Waals surface area (Å²) < 4.78 is 11.3. The number of rotatable bonds is 12. The molecule has 0 atom stereocenters. The molecule has 0 unspecified atom stereocenters. The highest BCUT2D eigenvalue weighted by Crippen LogP contribution is 2.32. The monoisotopic (exact) mass is 513 g/mol. The number of methoxy groups -OCH3 is 1. The number of Topliss-reactive ketones (excluding diaryl/α,β-unsaturated/α-hetero) is 1. The maximum Gasteiger partial charge on any atom is 0.213 e. The Hall–Kier alpha value is -4.07. The Kier molecular flexibility index (Phi) is 8.51. The van der Waals surface area contributed by atoms with Crippen LogP contribution in [0, 0.1) is 12.3 Å². The molecule has 0 radical (unpaired) electrons. The maximum absolute atomic E-state index is 12.8. The molecule has 4 aromatic rings. The summed E-state index contributed by atoms with van der Waals surface area (Å²) in [5.74, 6) is 2.68. The van der Waals surface area contributed by atoms with Gasteiger partial charge in [-0.05, 0) is 61.6 Å². The van der Waals surface area contributed by atoms with Crippen molar-refractivity contribution in [2.45, 2.75) is 53.4 Å². The van der Waals surface area contributed by atoms with Crippen LogP contribution in [0.25, 0.3) is 34.0 Å². The largest absolute Gasteiger partial charge is 0.497 e. The second-order valence-electron chi connectivity index (χ2n) is 9.46. The number of ether oxygens (including phenoxy) is 2. The van der Waals surface area contributed by atoms with Gasteiger partial charge in [-0.25, -0.2) is 19.9 Å². The molecule has 4 rings (SSSR count). The Morgan fingerprint density at radius 2 is 1.63 bits per heavy atom. The van der Waals surface area contributed by atoms with E-state index in [2.05, 4.69) is 38.8 Å². The van der Waals surface area contributed by atoms with Gasteiger partial charge in [0.1, 0.15) is 18.1 Å². The van der Waals surface area contributed by atoms with Gasteiger partial charge in [0.15, 0.2) is 11.6 Å². The van der Waals surface area contributed by atoms with Gasteiger partial charge in [-0.15, -0.1) is 0 Å². The molecule has 0 aliphatic carbocycles. The predicted molar refractivity (Wildman–Crippen MR) is 148 cm³/mol. The Labute approximate surface area is 223 Å². The zero-order chi connectivity index (χ0) is 27.1. The number of H-pyrrole nitrogens is 1. The smallest absolute Gasteiger partial charge is 0.213 e. The van der Waals surface area contributed by atoms with Crippen molar-refractivity contribution in [3.05, 3.63) is 60.7 Å². The number of aromatic amines is 1. The van der Waals surface area contributed by atoms with Crippen molar-refractivity contribution in [1.82, 2.24) is 24.9 Å². The van der Waals surface area contributed by atoms with Gasteiger partial charge in [0.2, 0.25) is 5.88 Å². The standard InChI is InChI=1S/C30H35N5O3/c1-6-9-26(36)30(7-2,8-3)19-38-27-14-20(4)24(17-31-27)22-15-32-28(33-16-22)29-34-18-25(35-29)21-10-12-23(37-5)13-11-21/h10-18H,6-9,19H2,1-5H3,(H,34,35). The first-order valence-corrected chi connectivity index (χ1v) is 13.1. The summed E-state index contributed by atoms with van der Waals surface area (Å²) in [6.07, 6.45) is 10.00. The summed E-state index contributed by atoms with van der Waals surface area (Å²) in [6, 6.07) is 9.65. The van der Waals surface area contributed by atoms with Gasteiger partial charge >= 0.3 is 0 Å². The van der Waals surface area contributed by atoms with Crippen molar-refractivity contribution in [3.8, 4) is 45.7 Å². The number of pyridine rings is 1. The summed E-state index contributed by atoms with van der Waals surface area (Å²) in [5.41, 5.74) is 4.16. The predicted octanol–water partition coefficient (Wildman–Crippen LogP) is 6.47. The molecule has 0 amide bonds. The van der Waals surface area contributed by atoms with Gasteiger partial charge in [-0.1, -0.05) is 20.8 Å². The molecule has 1 aromatic carbocycles. The molecule has 0 saturated heterocycles. The number of benzene rings is 1. The zero-order valence-electron chi connectivity index (χ0n) is 22.7. The molecule has 38 heavy (non-hydrogen) atoms. The third-order valence-electron chi connectivity index (χ3n) is 7.16. The molecule has 0 aliphatic rings. The first-order chi connectivity index (χ1) is 18.4. The minimum atomic E-state index is -0.465. The molecular formula is C30H35N5O3. The van der Waals surface area contributed by atoms with Crippen molar-refractivity contribution in [1.29, 1.82) is 0 Å². The molecule has 3 aromatic heterocycles. The highest BCUT2D eigenvalue weighted by atomic mass is 16.5. The van der Waals surface area contributed by atoms with E-state index < -0.39 is 5.41 Å². The van der Waals surface area contributed by atoms with E-state index in [1.807, 2.05) is 44.2 Å². The second kappa shape index (κ2) is 12.0. The number of carbonyl (C=O) groups excluding carboxylic acids is 1. The Balaban J connectivity index is 1.46. The fourth-order valence-corrected chi connectivity index (χ4v) is 4.49. The van der Waals surface area contributed by atoms with Crippen LogP contribution < -0.4 is 9.47 Å². The van der Waals surface area contributed by atoms with Crippen molar-refractivity contribution in [2.24, 2.45) is 5.41 Å². The maximum atomic E-state index is 12.8. The van der Waals surface area contributed by atoms with Crippen LogP contribution in [0.5, 0.6) is 11.6 Å². The summed E-state index contributed by atoms with van der Waals surface area (Å²) in [7, 11) is 1.64. The molecule has 3 heterocycles. The molecule has 1 N–H and O–H groups in total. The lowest BCUT2D eigenvalue weighted by molar-refractivity contribution is -0.131. The number of aryl methyl sites for hydroxylation is 1. The molecule has 0 saturated carbocycles. The molecule has 8 heteroatoms. The highest BCUT2D eigenvalue weighted by Gasteiger charge is 2.34. The van der Waals surface area contributed by atoms with Gasteiger partial charge in [-0.3, -0.25) is 4.79 Å². The van der Waals surface area contributed by atoms with Crippen LogP contribution in [0.3, 0.4) is 0 Å². The van der Waals surface area contributed by atoms with E-state index in [9.17, 15) is 4.79 Å². The molecule has 0 aliphatic heterocycles. The average molecular weight is 514 g/mol. The van der Waals surface area contributed by atoms with Gasteiger partial charge < -0.3 is 14.5 Å². The third-order valence-corrected chi connectivity index (χ3v) is 7.16. The Morgan fingerprint density at radius 3 is 2.24 bits per heavy atom. The second-order valence-corrected chi connectivity index (χ2v) is 9.46. The molecule has 0 spiro atoms. The third kappa shape index (κ3) is 5.74. The van der Waals surface area contributed by atoms with Gasteiger partial charge in [0.05, 0.1) is 24.4 Å². The quantitative estimate of drug-likeness (QED) is 0.232. The fraction of sp³-hybridized carbons (Fsp3) is 0.367. The number of imidazole rings is 1. The van der Waals surface area contributed by atoms with Gasteiger partial charge in [0, 0.05) is 42.2 Å². The van der Waals surface area contributed by atoms with E-state index in [0.717, 1.165) is 53.0 Å². The van der Waals surface area contributed by atoms with Gasteiger partial charge in [0.25, 0.3) is 0 Å². The van der Waals surface area contributed by atoms with Crippen LogP contribution in [-0.2, 0) is 4.79 Å². The minimum Gasteiger partial charge on any atom is -0.497 e. The number of nitrogens with one attached hydrogen (secondary N) is 1. The number of ketones is 1. The molecule has 0 fully saturated rings. The SMILES string of the molecule is CCCC(=O)C(CC)(CC)COc1cc(C)c(-c2cnc(-c3ncc(-c4ccc(OC)cc4)[nH]3)nc2)cn1. The topological polar surface area (TPSA) is 103 Å². The first kappa shape index (κ1) is 27.0. The number of nitrogens with zero attached hydrogens (tertiary/aromatic N) is 4. The van der Waals surface area contributed by atoms with E-state index in [1.54, 1.807) is 31.9 Å². The lowest BCUT2D eigenvalue weighted by atomic mass is 9.77. The van der Waals surface area contributed by atoms with Crippen LogP contribution in [0.15, 0.2) is 55.1 Å². The normalized spacial score (nSPS) is 11.4. The molecule has 8 nitrogen and oxygen atoms in total. The van der Waals surface area contributed by atoms with Crippen LogP contribution in [0.2, 0.25) is 0 Å². The van der Waals surface area contributed by atoms with Crippen molar-refractivity contribution in [2.75, 3.05) is 13.7 Å². The Bertz CT molecular complexity index is 1360. The van der Waals surface area contributed by atoms with Crippen LogP contribution >= 0.6 is 0 Å². The Morgan fingerprint density at radius 1 is 0.921 bits per heavy atom. The van der Waals surface area contributed by atoms with Crippen LogP contribution in [-0.4, -0.2) is 44.4 Å². The first-order valence-electron chi connectivity index (χ1n) is 13.1. The fourth-order valence-electron chi connectivity index (χ4n) is 4.49. The number of hydrogen-bond donors (Lipinski definition) is 1. The average Bonchev–Trinajstić information content (AvgIpc) is 3.45. The van der Waals surface area contributed by atoms with Gasteiger partial charge in [-0.2, -0.15) is 0 Å². The van der Waals surface area contributed by atoms with Crippen LogP contribution in [0.4, 0.5) is 0 Å². The summed E-state index contributed by atoms with van der Waals surface area (Å²) in [6.45, 7) is 8.47. The lowest BCUT2D eigenvalue weighted by Crippen LogP contribution is -2.36. The van der Waals surface area contributed by atoms with E-state index in [0.29, 0.717) is 30.6 Å². The molecular weight excluding hydrogens is 478 g/mol. The minimum absolute atomic E-state index is 0.267. The van der Waals surface area contributed by atoms with E-state index >= 15 is 0 Å². The lowest BCUT2D eigenvalue weighted by Gasteiger charge is -2.29.